The number of aryl methyl sites for hydroxylation is 1. The van der Waals surface area contributed by atoms with Crippen LogP contribution >= 0.6 is 11.8 Å². The first-order valence-corrected chi connectivity index (χ1v) is 13.0. The summed E-state index contributed by atoms with van der Waals surface area (Å²) in [6, 6.07) is 12.4. The highest BCUT2D eigenvalue weighted by atomic mass is 32.2. The van der Waals surface area contributed by atoms with Gasteiger partial charge in [-0.05, 0) is 49.4 Å². The summed E-state index contributed by atoms with van der Waals surface area (Å²) in [5, 5.41) is 3.64. The zero-order valence-electron chi connectivity index (χ0n) is 21.5. The largest absolute Gasteiger partial charge is 0.432 e. The van der Waals surface area contributed by atoms with Gasteiger partial charge in [-0.1, -0.05) is 17.8 Å². The Morgan fingerprint density at radius 2 is 1.83 bits per heavy atom. The molecule has 1 aliphatic rings. The number of anilines is 1. The molecule has 208 valence electrons. The molecule has 14 heteroatoms. The number of primary amides is 1. The third kappa shape index (κ3) is 4.59. The van der Waals surface area contributed by atoms with Crippen LogP contribution in [0, 0.1) is 12.7 Å². The molecule has 1 atom stereocenters. The highest BCUT2D eigenvalue weighted by Crippen LogP contribution is 2.53. The van der Waals surface area contributed by atoms with Crippen LogP contribution in [0.4, 0.5) is 23.4 Å². The van der Waals surface area contributed by atoms with E-state index in [0.717, 1.165) is 4.90 Å². The number of carbonyl (C=O) groups is 1. The zero-order chi connectivity index (χ0) is 29.1. The lowest BCUT2D eigenvalue weighted by Crippen LogP contribution is -2.32. The van der Waals surface area contributed by atoms with Crippen molar-refractivity contribution in [3.05, 3.63) is 94.9 Å². The number of imidazole rings is 2. The van der Waals surface area contributed by atoms with Crippen molar-refractivity contribution >= 4 is 29.1 Å². The Morgan fingerprint density at radius 3 is 2.49 bits per heavy atom. The fourth-order valence-electron chi connectivity index (χ4n) is 4.69. The Hall–Kier alpha value is -4.72. The van der Waals surface area contributed by atoms with E-state index in [1.54, 1.807) is 36.4 Å². The standard InChI is InChI=1S/C27H20F4N8OS/c1-14-34-21(15-5-7-17(28)8-6-15)22(37(14)2)18-9-10-19-35-20(13-38(19)36-18)39-24(27(29,30)31)23(25(32)40)41-26(39)16-4-3-11-33-12-16/h3-13,26H,1-2H3,(H2,32,40). The molecule has 5 aromatic rings. The number of pyridine rings is 1. The third-order valence-corrected chi connectivity index (χ3v) is 7.95. The molecule has 0 saturated carbocycles. The van der Waals surface area contributed by atoms with Crippen molar-refractivity contribution in [2.75, 3.05) is 4.90 Å². The van der Waals surface area contributed by atoms with E-state index in [1.807, 2.05) is 18.5 Å². The second-order valence-electron chi connectivity index (χ2n) is 9.21. The minimum Gasteiger partial charge on any atom is -0.365 e. The molecule has 0 radical (unpaired) electrons. The maximum Gasteiger partial charge on any atom is 0.432 e. The van der Waals surface area contributed by atoms with E-state index >= 15 is 0 Å². The second-order valence-corrected chi connectivity index (χ2v) is 10.3. The molecule has 41 heavy (non-hydrogen) atoms. The Bertz CT molecular complexity index is 1830. The van der Waals surface area contributed by atoms with Crippen molar-refractivity contribution in [1.82, 2.24) is 29.1 Å². The Labute approximate surface area is 234 Å². The summed E-state index contributed by atoms with van der Waals surface area (Å²) in [7, 11) is 1.81. The molecule has 1 amide bonds. The molecule has 0 bridgehead atoms. The van der Waals surface area contributed by atoms with Crippen LogP contribution in [0.3, 0.4) is 0 Å². The van der Waals surface area contributed by atoms with E-state index in [-0.39, 0.29) is 17.3 Å². The molecule has 1 unspecified atom stereocenters. The number of nitrogens with zero attached hydrogens (tertiary/aromatic N) is 7. The first-order valence-electron chi connectivity index (χ1n) is 12.2. The summed E-state index contributed by atoms with van der Waals surface area (Å²) < 4.78 is 59.9. The van der Waals surface area contributed by atoms with Crippen molar-refractivity contribution in [3.63, 3.8) is 0 Å². The number of allylic oxidation sites excluding steroid dienone is 1. The SMILES string of the molecule is Cc1nc(-c2ccc(F)cc2)c(-c2ccc3nc(N4C(C(F)(F)F)=C(C(N)=O)SC4c4cccnc4)cn3n2)n1C. The van der Waals surface area contributed by atoms with Crippen molar-refractivity contribution in [2.45, 2.75) is 18.5 Å². The highest BCUT2D eigenvalue weighted by Gasteiger charge is 2.50. The van der Waals surface area contributed by atoms with Gasteiger partial charge < -0.3 is 15.2 Å². The second kappa shape index (κ2) is 9.73. The number of rotatable bonds is 5. The van der Waals surface area contributed by atoms with Crippen LogP contribution in [0.5, 0.6) is 0 Å². The molecular formula is C27H20F4N8OS. The third-order valence-electron chi connectivity index (χ3n) is 6.61. The molecule has 0 spiro atoms. The smallest absolute Gasteiger partial charge is 0.365 e. The number of alkyl halides is 3. The number of amides is 1. The van der Waals surface area contributed by atoms with Crippen molar-refractivity contribution in [3.8, 4) is 22.6 Å². The van der Waals surface area contributed by atoms with Gasteiger partial charge in [0.2, 0.25) is 0 Å². The van der Waals surface area contributed by atoms with Gasteiger partial charge in [-0.2, -0.15) is 18.3 Å². The number of hydrogen-bond donors (Lipinski definition) is 1. The fourth-order valence-corrected chi connectivity index (χ4v) is 5.94. The van der Waals surface area contributed by atoms with Gasteiger partial charge in [0, 0.05) is 30.6 Å². The maximum absolute atomic E-state index is 14.4. The average Bonchev–Trinajstić information content (AvgIpc) is 3.62. The van der Waals surface area contributed by atoms with Crippen LogP contribution in [0.25, 0.3) is 28.3 Å². The molecule has 6 rings (SSSR count). The summed E-state index contributed by atoms with van der Waals surface area (Å²) in [4.78, 5) is 25.5. The molecule has 9 nitrogen and oxygen atoms in total. The van der Waals surface area contributed by atoms with E-state index < -0.39 is 28.1 Å². The first kappa shape index (κ1) is 26.5. The highest BCUT2D eigenvalue weighted by molar-refractivity contribution is 8.04. The van der Waals surface area contributed by atoms with E-state index in [9.17, 15) is 22.4 Å². The Kier molecular flexibility index (Phi) is 6.29. The van der Waals surface area contributed by atoms with Gasteiger partial charge in [-0.3, -0.25) is 9.78 Å². The van der Waals surface area contributed by atoms with Crippen LogP contribution in [0.15, 0.2) is 77.7 Å². The molecule has 0 fully saturated rings. The lowest BCUT2D eigenvalue weighted by molar-refractivity contribution is -0.115. The van der Waals surface area contributed by atoms with Crippen LogP contribution in [0.1, 0.15) is 16.8 Å². The monoisotopic (exact) mass is 580 g/mol. The molecule has 4 aromatic heterocycles. The topological polar surface area (TPSA) is 107 Å². The Balaban J connectivity index is 1.49. The first-order chi connectivity index (χ1) is 19.5. The summed E-state index contributed by atoms with van der Waals surface area (Å²) >= 11 is 0.688. The van der Waals surface area contributed by atoms with E-state index in [0.29, 0.717) is 45.8 Å². The van der Waals surface area contributed by atoms with E-state index in [1.165, 1.54) is 35.2 Å². The summed E-state index contributed by atoms with van der Waals surface area (Å²) in [6.07, 6.45) is -0.619. The van der Waals surface area contributed by atoms with Crippen molar-refractivity contribution in [2.24, 2.45) is 12.8 Å². The minimum atomic E-state index is -4.90. The fraction of sp³-hybridized carbons (Fsp3) is 0.148. The van der Waals surface area contributed by atoms with Gasteiger partial charge in [0.25, 0.3) is 5.91 Å². The van der Waals surface area contributed by atoms with Gasteiger partial charge in [-0.25, -0.2) is 18.9 Å². The Morgan fingerprint density at radius 1 is 1.07 bits per heavy atom. The van der Waals surface area contributed by atoms with E-state index in [4.69, 9.17) is 5.73 Å². The number of aromatic nitrogens is 6. The molecule has 1 aliphatic heterocycles. The van der Waals surface area contributed by atoms with E-state index in [2.05, 4.69) is 20.1 Å². The van der Waals surface area contributed by atoms with Crippen molar-refractivity contribution in [1.29, 1.82) is 0 Å². The molecule has 0 saturated heterocycles. The summed E-state index contributed by atoms with van der Waals surface area (Å²) in [5.74, 6) is -0.980. The number of carbonyl (C=O) groups excluding carboxylic acids is 1. The minimum absolute atomic E-state index is 0.0838. The molecular weight excluding hydrogens is 560 g/mol. The van der Waals surface area contributed by atoms with Gasteiger partial charge in [0.1, 0.15) is 33.3 Å². The molecule has 2 N–H and O–H groups in total. The molecule has 0 aliphatic carbocycles. The number of fused-ring (bicyclic) bond motifs is 1. The maximum atomic E-state index is 14.4. The van der Waals surface area contributed by atoms with Crippen molar-refractivity contribution < 1.29 is 22.4 Å². The van der Waals surface area contributed by atoms with Gasteiger partial charge in [0.15, 0.2) is 11.5 Å². The number of halogens is 4. The normalized spacial score (nSPS) is 15.8. The predicted molar refractivity (Wildman–Crippen MR) is 145 cm³/mol. The van der Waals surface area contributed by atoms with Gasteiger partial charge in [-0.15, -0.1) is 0 Å². The van der Waals surface area contributed by atoms with Crippen LogP contribution in [-0.2, 0) is 11.8 Å². The lowest BCUT2D eigenvalue weighted by atomic mass is 10.1. The predicted octanol–water partition coefficient (Wildman–Crippen LogP) is 5.15. The van der Waals surface area contributed by atoms with Gasteiger partial charge in [0.05, 0.1) is 17.6 Å². The average molecular weight is 581 g/mol. The lowest BCUT2D eigenvalue weighted by Gasteiger charge is -2.27. The summed E-state index contributed by atoms with van der Waals surface area (Å²) in [5.41, 5.74) is 7.22. The number of benzene rings is 1. The van der Waals surface area contributed by atoms with Crippen LogP contribution in [0.2, 0.25) is 0 Å². The number of thioether (sulfide) groups is 1. The quantitative estimate of drug-likeness (QED) is 0.287. The van der Waals surface area contributed by atoms with Gasteiger partial charge >= 0.3 is 6.18 Å². The molecule has 1 aromatic carbocycles. The molecule has 5 heterocycles. The number of hydrogen-bond acceptors (Lipinski definition) is 7. The number of nitrogens with two attached hydrogens (primary N) is 1. The zero-order valence-corrected chi connectivity index (χ0v) is 22.3. The summed E-state index contributed by atoms with van der Waals surface area (Å²) in [6.45, 7) is 1.81. The van der Waals surface area contributed by atoms with Crippen LogP contribution < -0.4 is 10.6 Å². The van der Waals surface area contributed by atoms with Crippen LogP contribution in [-0.4, -0.2) is 41.2 Å².